The van der Waals surface area contributed by atoms with E-state index in [4.69, 9.17) is 11.6 Å². The maximum absolute atomic E-state index is 12.8. The molecule has 0 bridgehead atoms. The average molecular weight is 433 g/mol. The molecule has 0 spiro atoms. The van der Waals surface area contributed by atoms with Crippen molar-refractivity contribution in [2.75, 3.05) is 5.32 Å². The van der Waals surface area contributed by atoms with E-state index in [1.165, 1.54) is 24.7 Å². The first-order valence-corrected chi connectivity index (χ1v) is 9.48. The maximum atomic E-state index is 12.8. The smallest absolute Gasteiger partial charge is 0.391 e. The SMILES string of the molecule is CCn1nc(C(=O)O)c(Cl)c1-c1cnc(NC(C)(C)CC(F)(F)F)cc1C(C)C. The second-order valence-electron chi connectivity index (χ2n) is 7.74. The fraction of sp³-hybridized carbons (Fsp3) is 0.526. The molecule has 2 N–H and O–H groups in total. The molecule has 2 rings (SSSR count). The highest BCUT2D eigenvalue weighted by atomic mass is 35.5. The largest absolute Gasteiger partial charge is 0.476 e. The molecule has 2 aromatic rings. The molecule has 0 radical (unpaired) electrons. The summed E-state index contributed by atoms with van der Waals surface area (Å²) in [6.07, 6.45) is -3.84. The zero-order chi connectivity index (χ0) is 22.1. The number of carboxylic acids is 1. The molecule has 0 unspecified atom stereocenters. The third kappa shape index (κ3) is 5.41. The van der Waals surface area contributed by atoms with Gasteiger partial charge in [0.15, 0.2) is 5.69 Å². The van der Waals surface area contributed by atoms with Gasteiger partial charge in [-0.05, 0) is 38.3 Å². The van der Waals surface area contributed by atoms with Crippen molar-refractivity contribution in [1.29, 1.82) is 0 Å². The second-order valence-corrected chi connectivity index (χ2v) is 8.12. The number of nitrogens with one attached hydrogen (secondary N) is 1. The van der Waals surface area contributed by atoms with Gasteiger partial charge in [0.25, 0.3) is 0 Å². The molecule has 0 aliphatic rings. The molecule has 0 aliphatic carbocycles. The molecule has 0 atom stereocenters. The number of aromatic carboxylic acids is 1. The van der Waals surface area contributed by atoms with Crippen molar-refractivity contribution in [2.24, 2.45) is 0 Å². The van der Waals surface area contributed by atoms with Crippen LogP contribution in [0.15, 0.2) is 12.3 Å². The van der Waals surface area contributed by atoms with E-state index in [1.54, 1.807) is 13.0 Å². The van der Waals surface area contributed by atoms with E-state index < -0.39 is 24.1 Å². The number of aryl methyl sites for hydroxylation is 1. The summed E-state index contributed by atoms with van der Waals surface area (Å²) in [4.78, 5) is 15.7. The normalized spacial score (nSPS) is 12.5. The number of pyridine rings is 1. The van der Waals surface area contributed by atoms with Crippen LogP contribution in [0, 0.1) is 0 Å². The van der Waals surface area contributed by atoms with Crippen LogP contribution in [0.2, 0.25) is 5.02 Å². The number of anilines is 1. The minimum Gasteiger partial charge on any atom is -0.476 e. The van der Waals surface area contributed by atoms with Crippen molar-refractivity contribution in [3.05, 3.63) is 28.5 Å². The van der Waals surface area contributed by atoms with Gasteiger partial charge >= 0.3 is 12.1 Å². The quantitative estimate of drug-likeness (QED) is 0.596. The monoisotopic (exact) mass is 432 g/mol. The van der Waals surface area contributed by atoms with Gasteiger partial charge in [0.2, 0.25) is 0 Å². The van der Waals surface area contributed by atoms with Crippen LogP contribution in [0.25, 0.3) is 11.3 Å². The summed E-state index contributed by atoms with van der Waals surface area (Å²) in [7, 11) is 0. The van der Waals surface area contributed by atoms with Crippen molar-refractivity contribution >= 4 is 23.4 Å². The lowest BCUT2D eigenvalue weighted by Gasteiger charge is -2.28. The number of halogens is 4. The van der Waals surface area contributed by atoms with Crippen molar-refractivity contribution in [3.63, 3.8) is 0 Å². The van der Waals surface area contributed by atoms with E-state index in [-0.39, 0.29) is 16.6 Å². The fourth-order valence-corrected chi connectivity index (χ4v) is 3.49. The molecule has 0 saturated heterocycles. The van der Waals surface area contributed by atoms with Gasteiger partial charge in [0, 0.05) is 23.8 Å². The third-order valence-electron chi connectivity index (χ3n) is 4.32. The Hall–Kier alpha value is -2.29. The van der Waals surface area contributed by atoms with Gasteiger partial charge < -0.3 is 10.4 Å². The van der Waals surface area contributed by atoms with E-state index in [1.807, 2.05) is 13.8 Å². The number of hydrogen-bond donors (Lipinski definition) is 2. The second kappa shape index (κ2) is 8.22. The van der Waals surface area contributed by atoms with Crippen molar-refractivity contribution in [2.45, 2.75) is 65.2 Å². The number of carbonyl (C=O) groups is 1. The highest BCUT2D eigenvalue weighted by molar-refractivity contribution is 6.35. The third-order valence-corrected chi connectivity index (χ3v) is 4.68. The average Bonchev–Trinajstić information content (AvgIpc) is 2.88. The molecule has 0 saturated carbocycles. The topological polar surface area (TPSA) is 80.0 Å². The molecule has 160 valence electrons. The molecule has 0 fully saturated rings. The van der Waals surface area contributed by atoms with Crippen LogP contribution in [0.4, 0.5) is 19.0 Å². The Bertz CT molecular complexity index is 908. The number of alkyl halides is 3. The maximum Gasteiger partial charge on any atom is 0.391 e. The Kier molecular flexibility index (Phi) is 6.51. The van der Waals surface area contributed by atoms with Crippen LogP contribution in [-0.2, 0) is 6.54 Å². The fourth-order valence-electron chi connectivity index (χ4n) is 3.17. The minimum absolute atomic E-state index is 0.00107. The van der Waals surface area contributed by atoms with E-state index in [2.05, 4.69) is 15.4 Å². The Morgan fingerprint density at radius 2 is 1.97 bits per heavy atom. The number of hydrogen-bond acceptors (Lipinski definition) is 4. The number of nitrogens with zero attached hydrogens (tertiary/aromatic N) is 3. The molecular formula is C19H24ClF3N4O2. The molecule has 29 heavy (non-hydrogen) atoms. The lowest BCUT2D eigenvalue weighted by molar-refractivity contribution is -0.142. The lowest BCUT2D eigenvalue weighted by atomic mass is 9.95. The number of rotatable bonds is 7. The van der Waals surface area contributed by atoms with Crippen molar-refractivity contribution in [3.8, 4) is 11.3 Å². The van der Waals surface area contributed by atoms with Crippen LogP contribution in [0.5, 0.6) is 0 Å². The van der Waals surface area contributed by atoms with E-state index in [0.717, 1.165) is 5.56 Å². The summed E-state index contributed by atoms with van der Waals surface area (Å²) in [5.41, 5.74) is 0.265. The number of carboxylic acid groups (broad SMARTS) is 1. The van der Waals surface area contributed by atoms with Gasteiger partial charge in [-0.2, -0.15) is 18.3 Å². The highest BCUT2D eigenvalue weighted by Crippen LogP contribution is 2.37. The zero-order valence-electron chi connectivity index (χ0n) is 16.9. The van der Waals surface area contributed by atoms with Gasteiger partial charge in [-0.25, -0.2) is 9.78 Å². The zero-order valence-corrected chi connectivity index (χ0v) is 17.6. The predicted octanol–water partition coefficient (Wildman–Crippen LogP) is 5.58. The first kappa shape index (κ1) is 23.0. The molecular weight excluding hydrogens is 409 g/mol. The molecule has 0 aliphatic heterocycles. The van der Waals surface area contributed by atoms with Gasteiger partial charge in [0.1, 0.15) is 10.8 Å². The van der Waals surface area contributed by atoms with Crippen molar-refractivity contribution < 1.29 is 23.1 Å². The van der Waals surface area contributed by atoms with Gasteiger partial charge in [-0.3, -0.25) is 4.68 Å². The Labute approximate surface area is 172 Å². The van der Waals surface area contributed by atoms with Crippen LogP contribution < -0.4 is 5.32 Å². The summed E-state index contributed by atoms with van der Waals surface area (Å²) in [5.74, 6) is -0.970. The van der Waals surface area contributed by atoms with E-state index in [9.17, 15) is 23.1 Å². The highest BCUT2D eigenvalue weighted by Gasteiger charge is 2.36. The Morgan fingerprint density at radius 1 is 1.34 bits per heavy atom. The minimum atomic E-state index is -4.31. The molecule has 2 heterocycles. The molecule has 0 amide bonds. The Morgan fingerprint density at radius 3 is 2.45 bits per heavy atom. The molecule has 0 aromatic carbocycles. The van der Waals surface area contributed by atoms with Crippen LogP contribution in [-0.4, -0.2) is 37.6 Å². The lowest BCUT2D eigenvalue weighted by Crippen LogP contribution is -2.36. The van der Waals surface area contributed by atoms with Crippen molar-refractivity contribution in [1.82, 2.24) is 14.8 Å². The summed E-state index contributed by atoms with van der Waals surface area (Å²) in [5, 5.41) is 16.2. The van der Waals surface area contributed by atoms with Crippen LogP contribution in [0.1, 0.15) is 63.0 Å². The van der Waals surface area contributed by atoms with Gasteiger partial charge in [0.05, 0.1) is 12.1 Å². The standard InChI is InChI=1S/C19H24ClF3N4O2/c1-6-27-16(14(20)15(26-27)17(28)29)12-8-24-13(7-11(12)10(2)3)25-18(4,5)9-19(21,22)23/h7-8,10H,6,9H2,1-5H3,(H,24,25)(H,28,29). The molecule has 2 aromatic heterocycles. The molecule has 10 heteroatoms. The summed E-state index contributed by atoms with van der Waals surface area (Å²) >= 11 is 6.30. The van der Waals surface area contributed by atoms with E-state index in [0.29, 0.717) is 23.6 Å². The van der Waals surface area contributed by atoms with Crippen LogP contribution >= 0.6 is 11.6 Å². The summed E-state index contributed by atoms with van der Waals surface area (Å²) in [6, 6.07) is 1.67. The van der Waals surface area contributed by atoms with Gasteiger partial charge in [-0.1, -0.05) is 25.4 Å². The summed E-state index contributed by atoms with van der Waals surface area (Å²) in [6.45, 7) is 8.93. The summed E-state index contributed by atoms with van der Waals surface area (Å²) < 4.78 is 39.9. The van der Waals surface area contributed by atoms with E-state index >= 15 is 0 Å². The molecule has 6 nitrogen and oxygen atoms in total. The Balaban J connectivity index is 2.53. The van der Waals surface area contributed by atoms with Gasteiger partial charge in [-0.15, -0.1) is 0 Å². The first-order valence-electron chi connectivity index (χ1n) is 9.10. The number of aromatic nitrogens is 3. The van der Waals surface area contributed by atoms with Crippen LogP contribution in [0.3, 0.4) is 0 Å². The predicted molar refractivity (Wildman–Crippen MR) is 106 cm³/mol. The first-order chi connectivity index (χ1) is 13.3.